The summed E-state index contributed by atoms with van der Waals surface area (Å²) in [7, 11) is 0. The van der Waals surface area contributed by atoms with E-state index in [0.717, 1.165) is 23.3 Å². The van der Waals surface area contributed by atoms with Gasteiger partial charge in [0.15, 0.2) is 0 Å². The molecule has 1 atom stereocenters. The van der Waals surface area contributed by atoms with E-state index in [0.29, 0.717) is 13.2 Å². The van der Waals surface area contributed by atoms with Crippen LogP contribution in [-0.4, -0.2) is 22.3 Å². The summed E-state index contributed by atoms with van der Waals surface area (Å²) in [5.74, 6) is 0.729. The number of nitrogens with zero attached hydrogens (tertiary/aromatic N) is 2. The number of aromatic nitrogens is 2. The van der Waals surface area contributed by atoms with E-state index >= 15 is 0 Å². The lowest BCUT2D eigenvalue weighted by molar-refractivity contribution is -0.117. The third-order valence-corrected chi connectivity index (χ3v) is 4.54. The SMILES string of the molecule is O=C(/C=C/c1cnn(Cc2ccccc2)c1)N[C@@H]1CCOc2ccccc21. The van der Waals surface area contributed by atoms with Crippen LogP contribution in [-0.2, 0) is 11.3 Å². The van der Waals surface area contributed by atoms with Crippen molar-refractivity contribution in [3.63, 3.8) is 0 Å². The number of carbonyl (C=O) groups is 1. The maximum Gasteiger partial charge on any atom is 0.244 e. The zero-order chi connectivity index (χ0) is 18.5. The van der Waals surface area contributed by atoms with Crippen LogP contribution in [0.5, 0.6) is 5.75 Å². The Morgan fingerprint density at radius 1 is 1.19 bits per heavy atom. The number of fused-ring (bicyclic) bond motifs is 1. The molecule has 2 heterocycles. The number of amides is 1. The van der Waals surface area contributed by atoms with E-state index in [-0.39, 0.29) is 11.9 Å². The number of hydrogen-bond donors (Lipinski definition) is 1. The van der Waals surface area contributed by atoms with E-state index in [1.54, 1.807) is 18.3 Å². The van der Waals surface area contributed by atoms with E-state index in [4.69, 9.17) is 4.74 Å². The molecule has 0 fully saturated rings. The van der Waals surface area contributed by atoms with Crippen molar-refractivity contribution < 1.29 is 9.53 Å². The van der Waals surface area contributed by atoms with Crippen molar-refractivity contribution in [3.05, 3.63) is 89.8 Å². The Kier molecular flexibility index (Phi) is 5.01. The summed E-state index contributed by atoms with van der Waals surface area (Å²) in [6, 6.07) is 18.0. The summed E-state index contributed by atoms with van der Waals surface area (Å²) in [6.45, 7) is 1.32. The standard InChI is InChI=1S/C22H21N3O2/c26-22(24-20-12-13-27-21-9-5-4-8-19(20)21)11-10-18-14-23-25(16-18)15-17-6-2-1-3-7-17/h1-11,14,16,20H,12-13,15H2,(H,24,26)/b11-10+/t20-/m1/s1. The summed E-state index contributed by atoms with van der Waals surface area (Å²) in [6.07, 6.45) is 7.81. The Morgan fingerprint density at radius 3 is 2.89 bits per heavy atom. The first-order valence-electron chi connectivity index (χ1n) is 9.04. The lowest BCUT2D eigenvalue weighted by Gasteiger charge is -2.26. The molecule has 0 radical (unpaired) electrons. The van der Waals surface area contributed by atoms with Gasteiger partial charge < -0.3 is 10.1 Å². The van der Waals surface area contributed by atoms with Gasteiger partial charge in [-0.1, -0.05) is 48.5 Å². The normalized spacial score (nSPS) is 15.9. The maximum atomic E-state index is 12.3. The second-order valence-electron chi connectivity index (χ2n) is 6.53. The van der Waals surface area contributed by atoms with Gasteiger partial charge in [-0.05, 0) is 17.7 Å². The van der Waals surface area contributed by atoms with Crippen LogP contribution in [0.4, 0.5) is 0 Å². The molecule has 1 aliphatic rings. The average molecular weight is 359 g/mol. The van der Waals surface area contributed by atoms with Gasteiger partial charge in [-0.2, -0.15) is 5.10 Å². The molecule has 1 amide bonds. The van der Waals surface area contributed by atoms with E-state index in [9.17, 15) is 4.79 Å². The minimum atomic E-state index is -0.118. The highest BCUT2D eigenvalue weighted by Gasteiger charge is 2.21. The highest BCUT2D eigenvalue weighted by Crippen LogP contribution is 2.31. The van der Waals surface area contributed by atoms with Crippen LogP contribution < -0.4 is 10.1 Å². The lowest BCUT2D eigenvalue weighted by Crippen LogP contribution is -2.30. The monoisotopic (exact) mass is 359 g/mol. The molecular formula is C22H21N3O2. The Morgan fingerprint density at radius 2 is 2.00 bits per heavy atom. The fraction of sp³-hybridized carbons (Fsp3) is 0.182. The van der Waals surface area contributed by atoms with E-state index < -0.39 is 0 Å². The fourth-order valence-corrected chi connectivity index (χ4v) is 3.21. The molecule has 1 N–H and O–H groups in total. The van der Waals surface area contributed by atoms with Gasteiger partial charge in [-0.25, -0.2) is 0 Å². The molecule has 2 aromatic carbocycles. The molecule has 0 spiro atoms. The largest absolute Gasteiger partial charge is 0.493 e. The summed E-state index contributed by atoms with van der Waals surface area (Å²) in [4.78, 5) is 12.3. The zero-order valence-electron chi connectivity index (χ0n) is 14.9. The first kappa shape index (κ1) is 17.1. The zero-order valence-corrected chi connectivity index (χ0v) is 14.9. The van der Waals surface area contributed by atoms with Gasteiger partial charge in [0.05, 0.1) is 25.4 Å². The summed E-state index contributed by atoms with van der Waals surface area (Å²) in [5.41, 5.74) is 3.11. The fourth-order valence-electron chi connectivity index (χ4n) is 3.21. The molecule has 27 heavy (non-hydrogen) atoms. The molecule has 0 saturated carbocycles. The van der Waals surface area contributed by atoms with E-state index in [1.165, 1.54) is 5.56 Å². The predicted octanol–water partition coefficient (Wildman–Crippen LogP) is 3.58. The van der Waals surface area contributed by atoms with Crippen LogP contribution in [0.3, 0.4) is 0 Å². The van der Waals surface area contributed by atoms with Crippen molar-refractivity contribution in [1.82, 2.24) is 15.1 Å². The second kappa shape index (κ2) is 7.91. The summed E-state index contributed by atoms with van der Waals surface area (Å²) >= 11 is 0. The van der Waals surface area contributed by atoms with Crippen LogP contribution in [0.15, 0.2) is 73.1 Å². The third kappa shape index (κ3) is 4.26. The number of para-hydroxylation sites is 1. The lowest BCUT2D eigenvalue weighted by atomic mass is 10.0. The predicted molar refractivity (Wildman–Crippen MR) is 104 cm³/mol. The highest BCUT2D eigenvalue weighted by molar-refractivity contribution is 5.92. The van der Waals surface area contributed by atoms with Crippen LogP contribution in [0, 0.1) is 0 Å². The third-order valence-electron chi connectivity index (χ3n) is 4.54. The first-order chi connectivity index (χ1) is 13.3. The summed E-state index contributed by atoms with van der Waals surface area (Å²) < 4.78 is 7.50. The first-order valence-corrected chi connectivity index (χ1v) is 9.04. The Bertz CT molecular complexity index is 947. The highest BCUT2D eigenvalue weighted by atomic mass is 16.5. The van der Waals surface area contributed by atoms with Crippen LogP contribution in [0.25, 0.3) is 6.08 Å². The minimum absolute atomic E-state index is 0.0205. The molecule has 1 aromatic heterocycles. The van der Waals surface area contributed by atoms with Crippen LogP contribution >= 0.6 is 0 Å². The van der Waals surface area contributed by atoms with Gasteiger partial charge in [0.1, 0.15) is 5.75 Å². The molecular weight excluding hydrogens is 338 g/mol. The molecule has 3 aromatic rings. The van der Waals surface area contributed by atoms with Gasteiger partial charge in [0, 0.05) is 29.8 Å². The number of ether oxygens (including phenoxy) is 1. The topological polar surface area (TPSA) is 56.2 Å². The summed E-state index contributed by atoms with van der Waals surface area (Å²) in [5, 5.41) is 7.41. The van der Waals surface area contributed by atoms with Crippen molar-refractivity contribution in [3.8, 4) is 5.75 Å². The molecule has 0 aliphatic carbocycles. The molecule has 0 saturated heterocycles. The number of benzene rings is 2. The number of rotatable bonds is 5. The molecule has 0 bridgehead atoms. The maximum absolute atomic E-state index is 12.3. The quantitative estimate of drug-likeness (QED) is 0.709. The molecule has 4 rings (SSSR count). The number of carbonyl (C=O) groups excluding carboxylic acids is 1. The van der Waals surface area contributed by atoms with Crippen molar-refractivity contribution in [2.75, 3.05) is 6.61 Å². The van der Waals surface area contributed by atoms with Crippen LogP contribution in [0.1, 0.15) is 29.2 Å². The number of nitrogens with one attached hydrogen (secondary N) is 1. The Balaban J connectivity index is 1.37. The van der Waals surface area contributed by atoms with Crippen molar-refractivity contribution in [2.24, 2.45) is 0 Å². The smallest absolute Gasteiger partial charge is 0.244 e. The van der Waals surface area contributed by atoms with Crippen LogP contribution in [0.2, 0.25) is 0 Å². The Labute approximate surface area is 158 Å². The van der Waals surface area contributed by atoms with Crippen molar-refractivity contribution in [1.29, 1.82) is 0 Å². The van der Waals surface area contributed by atoms with E-state index in [2.05, 4.69) is 22.5 Å². The molecule has 5 nitrogen and oxygen atoms in total. The van der Waals surface area contributed by atoms with Gasteiger partial charge in [0.25, 0.3) is 0 Å². The van der Waals surface area contributed by atoms with Gasteiger partial charge in [0.2, 0.25) is 5.91 Å². The van der Waals surface area contributed by atoms with Gasteiger partial charge in [-0.15, -0.1) is 0 Å². The van der Waals surface area contributed by atoms with E-state index in [1.807, 2.05) is 53.3 Å². The van der Waals surface area contributed by atoms with Crippen molar-refractivity contribution >= 4 is 12.0 Å². The molecule has 5 heteroatoms. The Hall–Kier alpha value is -3.34. The minimum Gasteiger partial charge on any atom is -0.493 e. The molecule has 0 unspecified atom stereocenters. The second-order valence-corrected chi connectivity index (χ2v) is 6.53. The molecule has 136 valence electrons. The molecule has 1 aliphatic heterocycles. The number of hydrogen-bond acceptors (Lipinski definition) is 3. The van der Waals surface area contributed by atoms with Gasteiger partial charge >= 0.3 is 0 Å². The average Bonchev–Trinajstić information content (AvgIpc) is 3.15. The van der Waals surface area contributed by atoms with Crippen molar-refractivity contribution in [2.45, 2.75) is 19.0 Å². The van der Waals surface area contributed by atoms with Gasteiger partial charge in [-0.3, -0.25) is 9.48 Å².